The Hall–Kier alpha value is -1.99. The lowest BCUT2D eigenvalue weighted by Gasteiger charge is -2.07. The molecule has 0 bridgehead atoms. The Morgan fingerprint density at radius 1 is 1.41 bits per heavy atom. The van der Waals surface area contributed by atoms with Gasteiger partial charge in [-0.25, -0.2) is 0 Å². The standard InChI is InChI=1S/C13H12N2OS/c1-2-16-11-6-4-3-5-9(11)12-7-10(15)13(8-14)17-12/h3-7H,2,15H2,1H3. The topological polar surface area (TPSA) is 59.0 Å². The average molecular weight is 244 g/mol. The smallest absolute Gasteiger partial charge is 0.128 e. The number of benzene rings is 1. The van der Waals surface area contributed by atoms with Gasteiger partial charge in [-0.1, -0.05) is 12.1 Å². The summed E-state index contributed by atoms with van der Waals surface area (Å²) in [6.45, 7) is 2.56. The maximum absolute atomic E-state index is 8.90. The lowest BCUT2D eigenvalue weighted by atomic mass is 10.1. The van der Waals surface area contributed by atoms with Crippen molar-refractivity contribution in [3.8, 4) is 22.3 Å². The maximum atomic E-state index is 8.90. The molecule has 17 heavy (non-hydrogen) atoms. The van der Waals surface area contributed by atoms with Crippen LogP contribution in [0.2, 0.25) is 0 Å². The van der Waals surface area contributed by atoms with Crippen LogP contribution >= 0.6 is 11.3 Å². The normalized spacial score (nSPS) is 9.88. The minimum Gasteiger partial charge on any atom is -0.493 e. The molecule has 2 rings (SSSR count). The number of nitriles is 1. The fourth-order valence-corrected chi connectivity index (χ4v) is 2.48. The number of nitrogens with zero attached hydrogens (tertiary/aromatic N) is 1. The molecule has 0 saturated heterocycles. The van der Waals surface area contributed by atoms with Gasteiger partial charge < -0.3 is 10.5 Å². The van der Waals surface area contributed by atoms with Gasteiger partial charge in [-0.05, 0) is 25.1 Å². The molecule has 0 aliphatic carbocycles. The van der Waals surface area contributed by atoms with E-state index in [9.17, 15) is 0 Å². The lowest BCUT2D eigenvalue weighted by Crippen LogP contribution is -1.92. The zero-order valence-electron chi connectivity index (χ0n) is 9.43. The molecule has 0 saturated carbocycles. The van der Waals surface area contributed by atoms with Gasteiger partial charge in [0.25, 0.3) is 0 Å². The summed E-state index contributed by atoms with van der Waals surface area (Å²) in [6.07, 6.45) is 0. The summed E-state index contributed by atoms with van der Waals surface area (Å²) in [6, 6.07) is 11.7. The molecule has 0 unspecified atom stereocenters. The van der Waals surface area contributed by atoms with Crippen molar-refractivity contribution in [1.29, 1.82) is 5.26 Å². The first-order valence-electron chi connectivity index (χ1n) is 5.28. The second-order valence-corrected chi connectivity index (χ2v) is 4.49. The highest BCUT2D eigenvalue weighted by Crippen LogP contribution is 2.37. The molecule has 86 valence electrons. The Kier molecular flexibility index (Phi) is 3.31. The largest absolute Gasteiger partial charge is 0.493 e. The van der Waals surface area contributed by atoms with E-state index < -0.39 is 0 Å². The number of para-hydroxylation sites is 1. The van der Waals surface area contributed by atoms with E-state index in [0.717, 1.165) is 16.2 Å². The molecule has 1 aromatic heterocycles. The molecule has 1 aromatic carbocycles. The van der Waals surface area contributed by atoms with Crippen molar-refractivity contribution in [1.82, 2.24) is 0 Å². The number of hydrogen-bond donors (Lipinski definition) is 1. The average Bonchev–Trinajstić information content (AvgIpc) is 2.71. The number of anilines is 1. The number of nitrogens with two attached hydrogens (primary N) is 1. The van der Waals surface area contributed by atoms with Crippen LogP contribution in [0.5, 0.6) is 5.75 Å². The SMILES string of the molecule is CCOc1ccccc1-c1cc(N)c(C#N)s1. The van der Waals surface area contributed by atoms with Crippen molar-refractivity contribution in [3.05, 3.63) is 35.2 Å². The molecule has 0 fully saturated rings. The minimum atomic E-state index is 0.527. The molecule has 4 heteroatoms. The third-order valence-electron chi connectivity index (χ3n) is 2.31. The Labute approximate surface area is 104 Å². The first kappa shape index (κ1) is 11.5. The van der Waals surface area contributed by atoms with E-state index in [2.05, 4.69) is 6.07 Å². The fraction of sp³-hybridized carbons (Fsp3) is 0.154. The van der Waals surface area contributed by atoms with Crippen LogP contribution in [0.3, 0.4) is 0 Å². The van der Waals surface area contributed by atoms with E-state index in [1.807, 2.05) is 37.3 Å². The molecule has 3 nitrogen and oxygen atoms in total. The van der Waals surface area contributed by atoms with Gasteiger partial charge in [0.1, 0.15) is 16.7 Å². The third-order valence-corrected chi connectivity index (χ3v) is 3.40. The minimum absolute atomic E-state index is 0.527. The van der Waals surface area contributed by atoms with Gasteiger partial charge in [0.15, 0.2) is 0 Å². The Balaban J connectivity index is 2.49. The molecule has 0 aliphatic rings. The van der Waals surface area contributed by atoms with E-state index in [0.29, 0.717) is 17.2 Å². The van der Waals surface area contributed by atoms with E-state index in [4.69, 9.17) is 15.7 Å². The molecule has 1 heterocycles. The van der Waals surface area contributed by atoms with Crippen molar-refractivity contribution < 1.29 is 4.74 Å². The van der Waals surface area contributed by atoms with Crippen LogP contribution in [-0.4, -0.2) is 6.61 Å². The van der Waals surface area contributed by atoms with Gasteiger partial charge in [-0.3, -0.25) is 0 Å². The highest BCUT2D eigenvalue weighted by atomic mass is 32.1. The number of hydrogen-bond acceptors (Lipinski definition) is 4. The highest BCUT2D eigenvalue weighted by molar-refractivity contribution is 7.16. The first-order chi connectivity index (χ1) is 8.26. The number of nitrogen functional groups attached to an aromatic ring is 1. The van der Waals surface area contributed by atoms with Crippen molar-refractivity contribution in [2.45, 2.75) is 6.92 Å². The van der Waals surface area contributed by atoms with Crippen LogP contribution < -0.4 is 10.5 Å². The van der Waals surface area contributed by atoms with Crippen LogP contribution in [0.15, 0.2) is 30.3 Å². The summed E-state index contributed by atoms with van der Waals surface area (Å²) in [5.74, 6) is 0.820. The molecule has 2 N–H and O–H groups in total. The lowest BCUT2D eigenvalue weighted by molar-refractivity contribution is 0.341. The zero-order chi connectivity index (χ0) is 12.3. The molecule has 0 atom stereocenters. The second kappa shape index (κ2) is 4.89. The van der Waals surface area contributed by atoms with Crippen LogP contribution in [-0.2, 0) is 0 Å². The van der Waals surface area contributed by atoms with Gasteiger partial charge in [-0.15, -0.1) is 11.3 Å². The maximum Gasteiger partial charge on any atom is 0.128 e. The molecule has 0 radical (unpaired) electrons. The number of rotatable bonds is 3. The highest BCUT2D eigenvalue weighted by Gasteiger charge is 2.11. The van der Waals surface area contributed by atoms with Crippen LogP contribution in [0.1, 0.15) is 11.8 Å². The molecule has 2 aromatic rings. The van der Waals surface area contributed by atoms with Crippen LogP contribution in [0, 0.1) is 11.3 Å². The van der Waals surface area contributed by atoms with Gasteiger partial charge >= 0.3 is 0 Å². The van der Waals surface area contributed by atoms with Gasteiger partial charge in [-0.2, -0.15) is 5.26 Å². The predicted octanol–water partition coefficient (Wildman–Crippen LogP) is 3.27. The summed E-state index contributed by atoms with van der Waals surface area (Å²) in [7, 11) is 0. The van der Waals surface area contributed by atoms with Crippen molar-refractivity contribution >= 4 is 17.0 Å². The summed E-state index contributed by atoms with van der Waals surface area (Å²) in [5.41, 5.74) is 7.27. The van der Waals surface area contributed by atoms with Crippen LogP contribution in [0.4, 0.5) is 5.69 Å². The third kappa shape index (κ3) is 2.24. The number of thiophene rings is 1. The molecular weight excluding hydrogens is 232 g/mol. The number of ether oxygens (including phenoxy) is 1. The van der Waals surface area contributed by atoms with Crippen molar-refractivity contribution in [2.75, 3.05) is 12.3 Å². The summed E-state index contributed by atoms with van der Waals surface area (Å²) < 4.78 is 5.56. The van der Waals surface area contributed by atoms with Gasteiger partial charge in [0.2, 0.25) is 0 Å². The van der Waals surface area contributed by atoms with Gasteiger partial charge in [0, 0.05) is 10.4 Å². The second-order valence-electron chi connectivity index (χ2n) is 3.44. The zero-order valence-corrected chi connectivity index (χ0v) is 10.3. The van der Waals surface area contributed by atoms with E-state index in [-0.39, 0.29) is 0 Å². The van der Waals surface area contributed by atoms with E-state index in [1.165, 1.54) is 11.3 Å². The van der Waals surface area contributed by atoms with Crippen LogP contribution in [0.25, 0.3) is 10.4 Å². The van der Waals surface area contributed by atoms with Crippen molar-refractivity contribution in [2.24, 2.45) is 0 Å². The quantitative estimate of drug-likeness (QED) is 0.901. The summed E-state index contributed by atoms with van der Waals surface area (Å²) >= 11 is 1.39. The predicted molar refractivity (Wildman–Crippen MR) is 70.1 cm³/mol. The van der Waals surface area contributed by atoms with E-state index in [1.54, 1.807) is 0 Å². The molecule has 0 amide bonds. The summed E-state index contributed by atoms with van der Waals surface area (Å²) in [4.78, 5) is 1.51. The Bertz CT molecular complexity index is 569. The molecule has 0 spiro atoms. The molecule has 0 aliphatic heterocycles. The van der Waals surface area contributed by atoms with Crippen molar-refractivity contribution in [3.63, 3.8) is 0 Å². The monoisotopic (exact) mass is 244 g/mol. The Morgan fingerprint density at radius 2 is 2.18 bits per heavy atom. The van der Waals surface area contributed by atoms with E-state index >= 15 is 0 Å². The summed E-state index contributed by atoms with van der Waals surface area (Å²) in [5, 5.41) is 8.90. The van der Waals surface area contributed by atoms with Gasteiger partial charge in [0.05, 0.1) is 12.3 Å². The molecular formula is C13H12N2OS. The Morgan fingerprint density at radius 3 is 2.82 bits per heavy atom. The first-order valence-corrected chi connectivity index (χ1v) is 6.09. The fourth-order valence-electron chi connectivity index (χ4n) is 1.58.